The van der Waals surface area contributed by atoms with Gasteiger partial charge in [0.05, 0.1) is 0 Å². The highest BCUT2D eigenvalue weighted by Crippen LogP contribution is 2.37. The zero-order chi connectivity index (χ0) is 15.5. The molecule has 0 atom stereocenters. The summed E-state index contributed by atoms with van der Waals surface area (Å²) in [5.41, 5.74) is 8.61. The van der Waals surface area contributed by atoms with Crippen molar-refractivity contribution in [2.45, 2.75) is 10.1 Å². The molecular weight excluding hydrogens is 339 g/mol. The number of thioether (sulfide) groups is 1. The van der Waals surface area contributed by atoms with Crippen LogP contribution in [0.5, 0.6) is 0 Å². The molecule has 3 rings (SSSR count). The monoisotopic (exact) mass is 350 g/mol. The predicted molar refractivity (Wildman–Crippen MR) is 92.9 cm³/mol. The molecule has 0 spiro atoms. The van der Waals surface area contributed by atoms with Crippen LogP contribution in [0.1, 0.15) is 5.56 Å². The minimum Gasteiger partial charge on any atom is -0.389 e. The number of halogens is 2. The smallest absolute Gasteiger partial charge is 0.152 e. The van der Waals surface area contributed by atoms with Crippen LogP contribution in [0, 0.1) is 5.82 Å². The van der Waals surface area contributed by atoms with Gasteiger partial charge in [-0.3, -0.25) is 0 Å². The molecule has 0 radical (unpaired) electrons. The molecule has 1 aromatic heterocycles. The number of nitrogens with two attached hydrogens (primary N) is 1. The number of thiazole rings is 1. The number of hydrogen-bond acceptors (Lipinski definition) is 4. The molecule has 1 heterocycles. The van der Waals surface area contributed by atoms with Crippen LogP contribution in [0.25, 0.3) is 11.3 Å². The lowest BCUT2D eigenvalue weighted by Crippen LogP contribution is -1.86. The summed E-state index contributed by atoms with van der Waals surface area (Å²) >= 11 is 9.17. The van der Waals surface area contributed by atoms with E-state index in [0.29, 0.717) is 10.7 Å². The van der Waals surface area contributed by atoms with Crippen LogP contribution in [0.3, 0.4) is 0 Å². The third-order valence-electron chi connectivity index (χ3n) is 3.06. The molecule has 2 aromatic carbocycles. The Labute approximate surface area is 141 Å². The number of nitrogens with zero attached hydrogens (tertiary/aromatic N) is 1. The molecule has 0 fully saturated rings. The van der Waals surface area contributed by atoms with Gasteiger partial charge < -0.3 is 5.73 Å². The van der Waals surface area contributed by atoms with Gasteiger partial charge in [0.15, 0.2) is 4.34 Å². The number of anilines is 1. The standard InChI is InChI=1S/C16H12ClFN2S2/c17-13-4-2-1-3-11(13)9-21-16-20-14(15(19)22-16)10-5-7-12(18)8-6-10/h1-8H,9,19H2. The van der Waals surface area contributed by atoms with E-state index in [1.54, 1.807) is 23.9 Å². The van der Waals surface area contributed by atoms with E-state index in [2.05, 4.69) is 4.98 Å². The maximum atomic E-state index is 13.0. The van der Waals surface area contributed by atoms with E-state index < -0.39 is 0 Å². The summed E-state index contributed by atoms with van der Waals surface area (Å²) in [6.07, 6.45) is 0. The van der Waals surface area contributed by atoms with Crippen LogP contribution >= 0.6 is 34.7 Å². The number of aromatic nitrogens is 1. The van der Waals surface area contributed by atoms with Gasteiger partial charge in [-0.05, 0) is 35.9 Å². The Balaban J connectivity index is 1.78. The zero-order valence-corrected chi connectivity index (χ0v) is 13.8. The van der Waals surface area contributed by atoms with Gasteiger partial charge in [0.1, 0.15) is 16.5 Å². The highest BCUT2D eigenvalue weighted by molar-refractivity contribution is 8.00. The van der Waals surface area contributed by atoms with Crippen LogP contribution < -0.4 is 5.73 Å². The number of benzene rings is 2. The second-order valence-electron chi connectivity index (χ2n) is 4.58. The van der Waals surface area contributed by atoms with E-state index in [9.17, 15) is 4.39 Å². The number of nitrogen functional groups attached to an aromatic ring is 1. The molecule has 3 aromatic rings. The molecule has 6 heteroatoms. The Kier molecular flexibility index (Phi) is 4.66. The predicted octanol–water partition coefficient (Wildman–Crippen LogP) is 5.48. The molecule has 112 valence electrons. The molecular formula is C16H12ClFN2S2. The lowest BCUT2D eigenvalue weighted by Gasteiger charge is -2.01. The first-order valence-corrected chi connectivity index (χ1v) is 8.70. The molecule has 0 bridgehead atoms. The topological polar surface area (TPSA) is 38.9 Å². The van der Waals surface area contributed by atoms with Crippen molar-refractivity contribution in [3.05, 3.63) is 64.9 Å². The van der Waals surface area contributed by atoms with E-state index >= 15 is 0 Å². The zero-order valence-electron chi connectivity index (χ0n) is 11.4. The second-order valence-corrected chi connectivity index (χ2v) is 7.24. The van der Waals surface area contributed by atoms with Crippen molar-refractivity contribution in [2.24, 2.45) is 0 Å². The lowest BCUT2D eigenvalue weighted by molar-refractivity contribution is 0.628. The van der Waals surface area contributed by atoms with Crippen LogP contribution in [-0.4, -0.2) is 4.98 Å². The summed E-state index contributed by atoms with van der Waals surface area (Å²) in [6, 6.07) is 13.9. The highest BCUT2D eigenvalue weighted by atomic mass is 35.5. The Morgan fingerprint density at radius 3 is 2.59 bits per heavy atom. The van der Waals surface area contributed by atoms with E-state index in [1.807, 2.05) is 24.3 Å². The van der Waals surface area contributed by atoms with Crippen LogP contribution in [-0.2, 0) is 5.75 Å². The second kappa shape index (κ2) is 6.69. The van der Waals surface area contributed by atoms with E-state index in [1.165, 1.54) is 23.5 Å². The maximum Gasteiger partial charge on any atom is 0.152 e. The Bertz CT molecular complexity index is 787. The van der Waals surface area contributed by atoms with Gasteiger partial charge in [0.25, 0.3) is 0 Å². The third-order valence-corrected chi connectivity index (χ3v) is 5.51. The summed E-state index contributed by atoms with van der Waals surface area (Å²) < 4.78 is 13.9. The van der Waals surface area contributed by atoms with Crippen molar-refractivity contribution in [1.82, 2.24) is 4.98 Å². The molecule has 0 aliphatic rings. The van der Waals surface area contributed by atoms with Gasteiger partial charge in [-0.25, -0.2) is 9.37 Å². The fraction of sp³-hybridized carbons (Fsp3) is 0.0625. The van der Waals surface area contributed by atoms with E-state index in [4.69, 9.17) is 17.3 Å². The van der Waals surface area contributed by atoms with Crippen molar-refractivity contribution < 1.29 is 4.39 Å². The van der Waals surface area contributed by atoms with Gasteiger partial charge in [-0.2, -0.15) is 0 Å². The summed E-state index contributed by atoms with van der Waals surface area (Å²) in [6.45, 7) is 0. The summed E-state index contributed by atoms with van der Waals surface area (Å²) in [7, 11) is 0. The van der Waals surface area contributed by atoms with Gasteiger partial charge in [0, 0.05) is 16.3 Å². The van der Waals surface area contributed by atoms with Crippen molar-refractivity contribution in [3.63, 3.8) is 0 Å². The normalized spacial score (nSPS) is 10.8. The summed E-state index contributed by atoms with van der Waals surface area (Å²) in [5.74, 6) is 0.459. The molecule has 0 aliphatic carbocycles. The summed E-state index contributed by atoms with van der Waals surface area (Å²) in [5, 5.41) is 1.38. The van der Waals surface area contributed by atoms with E-state index in [0.717, 1.165) is 26.2 Å². The first-order valence-electron chi connectivity index (χ1n) is 6.52. The summed E-state index contributed by atoms with van der Waals surface area (Å²) in [4.78, 5) is 4.55. The molecule has 2 nitrogen and oxygen atoms in total. The van der Waals surface area contributed by atoms with Crippen molar-refractivity contribution in [1.29, 1.82) is 0 Å². The number of rotatable bonds is 4. The molecule has 22 heavy (non-hydrogen) atoms. The highest BCUT2D eigenvalue weighted by Gasteiger charge is 2.12. The third kappa shape index (κ3) is 3.43. The molecule has 2 N–H and O–H groups in total. The fourth-order valence-electron chi connectivity index (χ4n) is 1.94. The molecule has 0 aliphatic heterocycles. The lowest BCUT2D eigenvalue weighted by atomic mass is 10.2. The molecule has 0 saturated heterocycles. The molecule has 0 saturated carbocycles. The fourth-order valence-corrected chi connectivity index (χ4v) is 4.18. The van der Waals surface area contributed by atoms with Gasteiger partial charge in [-0.15, -0.1) is 0 Å². The SMILES string of the molecule is Nc1sc(SCc2ccccc2Cl)nc1-c1ccc(F)cc1. The quantitative estimate of drug-likeness (QED) is 0.633. The van der Waals surface area contributed by atoms with Crippen LogP contribution in [0.15, 0.2) is 52.9 Å². The van der Waals surface area contributed by atoms with E-state index in [-0.39, 0.29) is 5.82 Å². The van der Waals surface area contributed by atoms with Gasteiger partial charge >= 0.3 is 0 Å². The van der Waals surface area contributed by atoms with Crippen molar-refractivity contribution >= 4 is 39.7 Å². The number of hydrogen-bond donors (Lipinski definition) is 1. The minimum absolute atomic E-state index is 0.272. The average Bonchev–Trinajstić information content (AvgIpc) is 2.88. The maximum absolute atomic E-state index is 13.0. The first kappa shape index (κ1) is 15.3. The van der Waals surface area contributed by atoms with Crippen LogP contribution in [0.2, 0.25) is 5.02 Å². The Morgan fingerprint density at radius 2 is 1.86 bits per heavy atom. The van der Waals surface area contributed by atoms with Crippen molar-refractivity contribution in [3.8, 4) is 11.3 Å². The van der Waals surface area contributed by atoms with Gasteiger partial charge in [-0.1, -0.05) is 52.9 Å². The Hall–Kier alpha value is -1.56. The first-order chi connectivity index (χ1) is 10.6. The van der Waals surface area contributed by atoms with Crippen molar-refractivity contribution in [2.75, 3.05) is 5.73 Å². The van der Waals surface area contributed by atoms with Gasteiger partial charge in [0.2, 0.25) is 0 Å². The van der Waals surface area contributed by atoms with Crippen LogP contribution in [0.4, 0.5) is 9.39 Å². The largest absolute Gasteiger partial charge is 0.389 e. The Morgan fingerprint density at radius 1 is 1.14 bits per heavy atom. The molecule has 0 unspecified atom stereocenters. The minimum atomic E-state index is -0.272. The molecule has 0 amide bonds. The average molecular weight is 351 g/mol.